The summed E-state index contributed by atoms with van der Waals surface area (Å²) in [6, 6.07) is 16.1. The SMILES string of the molecule is CN1c2ccccc2C(=O)N2CCc3c(n(CCC(=O)Nc4nnc(C5CCCO5)s4)c4ccccc34)C21. The number of benzene rings is 2. The van der Waals surface area contributed by atoms with Crippen molar-refractivity contribution in [1.82, 2.24) is 19.7 Å². The lowest BCUT2D eigenvalue weighted by Crippen LogP contribution is -2.51. The van der Waals surface area contributed by atoms with Gasteiger partial charge in [0.2, 0.25) is 11.0 Å². The number of hydrogen-bond acceptors (Lipinski definition) is 7. The number of amides is 2. The van der Waals surface area contributed by atoms with Gasteiger partial charge in [-0.15, -0.1) is 10.2 Å². The highest BCUT2D eigenvalue weighted by Gasteiger charge is 2.42. The summed E-state index contributed by atoms with van der Waals surface area (Å²) in [7, 11) is 2.05. The van der Waals surface area contributed by atoms with Gasteiger partial charge in [-0.1, -0.05) is 41.7 Å². The van der Waals surface area contributed by atoms with Crippen molar-refractivity contribution in [3.8, 4) is 0 Å². The minimum Gasteiger partial charge on any atom is -0.371 e. The van der Waals surface area contributed by atoms with Gasteiger partial charge in [0.05, 0.1) is 16.9 Å². The van der Waals surface area contributed by atoms with E-state index in [1.807, 2.05) is 42.3 Å². The Morgan fingerprint density at radius 3 is 2.87 bits per heavy atom. The molecule has 0 aliphatic carbocycles. The molecule has 194 valence electrons. The Hall–Kier alpha value is -3.76. The van der Waals surface area contributed by atoms with Gasteiger partial charge >= 0.3 is 0 Å². The molecule has 10 heteroatoms. The third kappa shape index (κ3) is 3.70. The van der Waals surface area contributed by atoms with Gasteiger partial charge in [0.1, 0.15) is 17.3 Å². The Bertz CT molecular complexity index is 1560. The second kappa shape index (κ2) is 9.21. The average molecular weight is 529 g/mol. The number of fused-ring (bicyclic) bond motifs is 6. The van der Waals surface area contributed by atoms with Gasteiger partial charge in [-0.2, -0.15) is 0 Å². The Balaban J connectivity index is 1.19. The van der Waals surface area contributed by atoms with Gasteiger partial charge < -0.3 is 24.4 Å². The Kier molecular flexibility index (Phi) is 5.66. The van der Waals surface area contributed by atoms with Crippen LogP contribution in [0.2, 0.25) is 0 Å². The maximum absolute atomic E-state index is 13.5. The first-order chi connectivity index (χ1) is 18.6. The molecule has 0 bridgehead atoms. The summed E-state index contributed by atoms with van der Waals surface area (Å²) in [5.74, 6) is -0.0557. The van der Waals surface area contributed by atoms with E-state index >= 15 is 0 Å². The summed E-state index contributed by atoms with van der Waals surface area (Å²) in [5.41, 5.74) is 5.10. The first-order valence-electron chi connectivity index (χ1n) is 13.1. The molecule has 2 amide bonds. The standard InChI is InChI=1S/C28H28N6O3S/c1-32-20-9-4-3-8-19(20)27(36)34-14-12-18-17-7-2-5-10-21(17)33(24(18)26(32)34)15-13-23(35)29-28-31-30-25(38-28)22-11-6-16-37-22/h2-5,7-10,22,26H,6,11-16H2,1H3,(H,29,31,35). The highest BCUT2D eigenvalue weighted by Crippen LogP contribution is 2.44. The topological polar surface area (TPSA) is 92.6 Å². The number of para-hydroxylation sites is 2. The van der Waals surface area contributed by atoms with Crippen LogP contribution in [0.25, 0.3) is 10.9 Å². The molecule has 4 aromatic rings. The zero-order valence-corrected chi connectivity index (χ0v) is 21.9. The molecular weight excluding hydrogens is 500 g/mol. The number of carbonyl (C=O) groups is 2. The van der Waals surface area contributed by atoms with Crippen molar-refractivity contribution in [2.45, 2.75) is 44.5 Å². The van der Waals surface area contributed by atoms with E-state index < -0.39 is 0 Å². The smallest absolute Gasteiger partial charge is 0.257 e. The normalized spacial score (nSPS) is 20.4. The van der Waals surface area contributed by atoms with Crippen LogP contribution in [0.3, 0.4) is 0 Å². The van der Waals surface area contributed by atoms with E-state index in [4.69, 9.17) is 4.74 Å². The van der Waals surface area contributed by atoms with Crippen molar-refractivity contribution in [1.29, 1.82) is 0 Å². The quantitative estimate of drug-likeness (QED) is 0.410. The van der Waals surface area contributed by atoms with Crippen LogP contribution in [0.5, 0.6) is 0 Å². The van der Waals surface area contributed by atoms with E-state index in [9.17, 15) is 9.59 Å². The van der Waals surface area contributed by atoms with Crippen LogP contribution in [0, 0.1) is 0 Å². The van der Waals surface area contributed by atoms with E-state index in [-0.39, 0.29) is 30.5 Å². The molecule has 1 N–H and O–H groups in total. The molecule has 3 aliphatic heterocycles. The van der Waals surface area contributed by atoms with Gasteiger partial charge in [-0.25, -0.2) is 0 Å². The molecule has 0 spiro atoms. The molecular formula is C28H28N6O3S. The number of carbonyl (C=O) groups excluding carboxylic acids is 2. The summed E-state index contributed by atoms with van der Waals surface area (Å²) >= 11 is 1.38. The van der Waals surface area contributed by atoms with Gasteiger partial charge in [-0.3, -0.25) is 9.59 Å². The number of rotatable bonds is 5. The summed E-state index contributed by atoms with van der Waals surface area (Å²) in [5, 5.41) is 13.8. The number of anilines is 2. The van der Waals surface area contributed by atoms with Crippen molar-refractivity contribution in [2.75, 3.05) is 30.4 Å². The summed E-state index contributed by atoms with van der Waals surface area (Å²) < 4.78 is 7.92. The van der Waals surface area contributed by atoms with E-state index in [1.54, 1.807) is 0 Å². The number of hydrogen-bond donors (Lipinski definition) is 1. The molecule has 1 fully saturated rings. The van der Waals surface area contributed by atoms with Crippen LogP contribution in [-0.2, 0) is 22.5 Å². The number of nitrogens with one attached hydrogen (secondary N) is 1. The van der Waals surface area contributed by atoms with E-state index in [0.29, 0.717) is 18.2 Å². The minimum atomic E-state index is -0.228. The second-order valence-corrected chi connectivity index (χ2v) is 11.0. The molecule has 0 radical (unpaired) electrons. The minimum absolute atomic E-state index is 0.0146. The highest BCUT2D eigenvalue weighted by molar-refractivity contribution is 7.15. The monoisotopic (exact) mass is 528 g/mol. The van der Waals surface area contributed by atoms with Crippen molar-refractivity contribution in [3.63, 3.8) is 0 Å². The fourth-order valence-corrected chi connectivity index (χ4v) is 6.98. The number of aromatic nitrogens is 3. The van der Waals surface area contributed by atoms with E-state index in [1.165, 1.54) is 22.3 Å². The number of ether oxygens (including phenoxy) is 1. The van der Waals surface area contributed by atoms with Crippen LogP contribution in [-0.4, -0.2) is 51.7 Å². The fraction of sp³-hybridized carbons (Fsp3) is 0.357. The summed E-state index contributed by atoms with van der Waals surface area (Å²) in [6.07, 6.45) is 2.78. The van der Waals surface area contributed by atoms with Crippen LogP contribution >= 0.6 is 11.3 Å². The van der Waals surface area contributed by atoms with Gasteiger partial charge in [0, 0.05) is 44.1 Å². The summed E-state index contributed by atoms with van der Waals surface area (Å²) in [4.78, 5) is 30.7. The molecule has 2 unspecified atom stereocenters. The molecule has 5 heterocycles. The van der Waals surface area contributed by atoms with Gasteiger partial charge in [0.15, 0.2) is 0 Å². The molecule has 2 aromatic carbocycles. The predicted molar refractivity (Wildman–Crippen MR) is 145 cm³/mol. The van der Waals surface area contributed by atoms with Crippen molar-refractivity contribution in [3.05, 3.63) is 70.4 Å². The van der Waals surface area contributed by atoms with E-state index in [0.717, 1.165) is 53.3 Å². The average Bonchev–Trinajstić information content (AvgIpc) is 3.70. The maximum atomic E-state index is 13.5. The lowest BCUT2D eigenvalue weighted by Gasteiger charge is -2.46. The summed E-state index contributed by atoms with van der Waals surface area (Å²) in [6.45, 7) is 1.90. The molecule has 3 aliphatic rings. The predicted octanol–water partition coefficient (Wildman–Crippen LogP) is 4.52. The first-order valence-corrected chi connectivity index (χ1v) is 13.9. The van der Waals surface area contributed by atoms with Crippen molar-refractivity contribution >= 4 is 44.9 Å². The van der Waals surface area contributed by atoms with Crippen molar-refractivity contribution < 1.29 is 14.3 Å². The lowest BCUT2D eigenvalue weighted by atomic mass is 9.96. The number of aryl methyl sites for hydroxylation is 1. The second-order valence-electron chi connectivity index (χ2n) is 10.0. The van der Waals surface area contributed by atoms with Crippen LogP contribution in [0.15, 0.2) is 48.5 Å². The lowest BCUT2D eigenvalue weighted by molar-refractivity contribution is -0.116. The van der Waals surface area contributed by atoms with Gasteiger partial charge in [0.25, 0.3) is 5.91 Å². The zero-order valence-electron chi connectivity index (χ0n) is 21.1. The molecule has 0 saturated carbocycles. The van der Waals surface area contributed by atoms with Crippen LogP contribution < -0.4 is 10.2 Å². The molecule has 7 rings (SSSR count). The largest absolute Gasteiger partial charge is 0.371 e. The van der Waals surface area contributed by atoms with E-state index in [2.05, 4.69) is 43.2 Å². The molecule has 2 aromatic heterocycles. The Labute approximate surface area is 224 Å². The maximum Gasteiger partial charge on any atom is 0.257 e. The molecule has 38 heavy (non-hydrogen) atoms. The Morgan fingerprint density at radius 2 is 2.00 bits per heavy atom. The van der Waals surface area contributed by atoms with Crippen LogP contribution in [0.4, 0.5) is 10.8 Å². The van der Waals surface area contributed by atoms with Gasteiger partial charge in [-0.05, 0) is 43.0 Å². The third-order valence-corrected chi connectivity index (χ3v) is 8.79. The van der Waals surface area contributed by atoms with Crippen molar-refractivity contribution in [2.24, 2.45) is 0 Å². The first kappa shape index (κ1) is 23.4. The number of nitrogens with zero attached hydrogens (tertiary/aromatic N) is 5. The molecule has 2 atom stereocenters. The Morgan fingerprint density at radius 1 is 1.16 bits per heavy atom. The highest BCUT2D eigenvalue weighted by atomic mass is 32.1. The molecule has 1 saturated heterocycles. The van der Waals surface area contributed by atoms with Crippen LogP contribution in [0.1, 0.15) is 58.2 Å². The zero-order chi connectivity index (χ0) is 25.8. The third-order valence-electron chi connectivity index (χ3n) is 7.86. The fourth-order valence-electron chi connectivity index (χ4n) is 6.13. The molecule has 9 nitrogen and oxygen atoms in total.